The quantitative estimate of drug-likeness (QED) is 0.155. The van der Waals surface area contributed by atoms with Crippen LogP contribution in [0.3, 0.4) is 0 Å². The summed E-state index contributed by atoms with van der Waals surface area (Å²) in [4.78, 5) is 35.6. The Bertz CT molecular complexity index is 1590. The van der Waals surface area contributed by atoms with Gasteiger partial charge in [-0.3, -0.25) is 14.6 Å². The average molecular weight is 631 g/mol. The van der Waals surface area contributed by atoms with E-state index in [4.69, 9.17) is 9.47 Å². The molecule has 46 heavy (non-hydrogen) atoms. The fourth-order valence-corrected chi connectivity index (χ4v) is 5.30. The third kappa shape index (κ3) is 9.97. The summed E-state index contributed by atoms with van der Waals surface area (Å²) in [6, 6.07) is 21.5. The molecule has 0 saturated carbocycles. The molecule has 1 aromatic heterocycles. The predicted octanol–water partition coefficient (Wildman–Crippen LogP) is 5.24. The van der Waals surface area contributed by atoms with Crippen molar-refractivity contribution in [1.29, 1.82) is 0 Å². The molecule has 0 radical (unpaired) electrons. The first-order valence-corrected chi connectivity index (χ1v) is 15.5. The lowest BCUT2D eigenvalue weighted by molar-refractivity contribution is -0.126. The van der Waals surface area contributed by atoms with E-state index in [0.717, 1.165) is 11.1 Å². The molecule has 0 aliphatic carbocycles. The van der Waals surface area contributed by atoms with Crippen LogP contribution < -0.4 is 20.1 Å². The average Bonchev–Trinajstić information content (AvgIpc) is 3.05. The number of aliphatic hydroxyl groups excluding tert-OH is 1. The van der Waals surface area contributed by atoms with E-state index in [1.807, 2.05) is 66.7 Å². The Morgan fingerprint density at radius 3 is 2.33 bits per heavy atom. The molecule has 0 spiro atoms. The van der Waals surface area contributed by atoms with E-state index in [9.17, 15) is 19.1 Å². The summed E-state index contributed by atoms with van der Waals surface area (Å²) in [7, 11) is 3.13. The molecule has 0 bridgehead atoms. The normalized spacial score (nSPS) is 13.4. The lowest BCUT2D eigenvalue weighted by atomic mass is 9.87. The maximum atomic E-state index is 14.6. The van der Waals surface area contributed by atoms with Crippen LogP contribution in [0.25, 0.3) is 11.0 Å². The number of nitrogens with zero attached hydrogens (tertiary/aromatic N) is 2. The first kappa shape index (κ1) is 34.3. The number of aliphatic hydroxyl groups is 1. The number of fused-ring (bicyclic) bond motifs is 1. The minimum absolute atomic E-state index is 0.0272. The number of alkyl halides is 1. The zero-order valence-electron chi connectivity index (χ0n) is 26.8. The summed E-state index contributed by atoms with van der Waals surface area (Å²) in [6.45, 7) is 3.28. The van der Waals surface area contributed by atoms with Crippen molar-refractivity contribution in [3.63, 3.8) is 0 Å². The molecule has 3 atom stereocenters. The first-order valence-electron chi connectivity index (χ1n) is 15.5. The third-order valence-corrected chi connectivity index (χ3v) is 7.91. The number of para-hydroxylation sites is 2. The van der Waals surface area contributed by atoms with Gasteiger partial charge in [-0.05, 0) is 81.3 Å². The van der Waals surface area contributed by atoms with Gasteiger partial charge in [-0.2, -0.15) is 0 Å². The highest BCUT2D eigenvalue weighted by Gasteiger charge is 2.30. The van der Waals surface area contributed by atoms with Crippen molar-refractivity contribution < 1.29 is 28.6 Å². The summed E-state index contributed by atoms with van der Waals surface area (Å²) >= 11 is 0. The zero-order chi connectivity index (χ0) is 33.1. The maximum Gasteiger partial charge on any atom is 0.271 e. The summed E-state index contributed by atoms with van der Waals surface area (Å²) < 4.78 is 25.3. The Morgan fingerprint density at radius 2 is 1.63 bits per heavy atom. The molecule has 9 nitrogen and oxygen atoms in total. The van der Waals surface area contributed by atoms with Crippen LogP contribution in [-0.4, -0.2) is 65.5 Å². The van der Waals surface area contributed by atoms with Crippen LogP contribution in [0, 0.1) is 5.92 Å². The summed E-state index contributed by atoms with van der Waals surface area (Å²) in [5, 5.41) is 17.4. The molecule has 0 aliphatic heterocycles. The minimum Gasteiger partial charge on any atom is -0.493 e. The molecule has 244 valence electrons. The molecule has 4 rings (SSSR count). The number of amides is 2. The number of carbonyl (C=O) groups excluding carboxylic acids is 2. The number of carbonyl (C=O) groups is 2. The summed E-state index contributed by atoms with van der Waals surface area (Å²) in [6.07, 6.45) is 1.54. The van der Waals surface area contributed by atoms with Crippen molar-refractivity contribution in [2.45, 2.75) is 63.8 Å². The minimum atomic E-state index is -1.49. The van der Waals surface area contributed by atoms with Crippen molar-refractivity contribution in [3.8, 4) is 11.5 Å². The molecule has 0 fully saturated rings. The Hall–Kier alpha value is -4.57. The zero-order valence-corrected chi connectivity index (χ0v) is 26.8. The molecule has 1 heterocycles. The van der Waals surface area contributed by atoms with Gasteiger partial charge in [0.25, 0.3) is 5.91 Å². The van der Waals surface area contributed by atoms with Gasteiger partial charge in [0, 0.05) is 12.5 Å². The van der Waals surface area contributed by atoms with Crippen LogP contribution in [0.2, 0.25) is 0 Å². The number of methoxy groups -OCH3 is 2. The van der Waals surface area contributed by atoms with Crippen molar-refractivity contribution in [3.05, 3.63) is 95.8 Å². The van der Waals surface area contributed by atoms with Crippen molar-refractivity contribution in [1.82, 2.24) is 20.6 Å². The molecule has 4 aromatic rings. The predicted molar refractivity (Wildman–Crippen MR) is 176 cm³/mol. The van der Waals surface area contributed by atoms with Gasteiger partial charge in [0.2, 0.25) is 5.91 Å². The van der Waals surface area contributed by atoms with Gasteiger partial charge >= 0.3 is 0 Å². The third-order valence-electron chi connectivity index (χ3n) is 7.91. The van der Waals surface area contributed by atoms with Crippen molar-refractivity contribution >= 4 is 22.8 Å². The lowest BCUT2D eigenvalue weighted by Crippen LogP contribution is -2.47. The Balaban J connectivity index is 1.48. The fourth-order valence-electron chi connectivity index (χ4n) is 5.30. The van der Waals surface area contributed by atoms with Crippen LogP contribution in [-0.2, 0) is 17.6 Å². The number of hydrogen-bond donors (Lipinski definition) is 3. The number of nitrogens with one attached hydrogen (secondary N) is 2. The fraction of sp³-hybridized carbons (Fsp3) is 0.389. The second-order valence-electron chi connectivity index (χ2n) is 12.0. The van der Waals surface area contributed by atoms with Crippen LogP contribution in [0.4, 0.5) is 4.39 Å². The summed E-state index contributed by atoms with van der Waals surface area (Å²) in [5.74, 6) is -0.249. The number of halogens is 1. The Labute approximate surface area is 269 Å². The SMILES string of the molecule is COc1ccc(CCNC(=O)[C@H](CCC(C)(C)F)C[C@H](O)[C@H](Cc2ccccc2)NC(=O)c2cnc3ccccc3n2)cc1OC. The van der Waals surface area contributed by atoms with Gasteiger partial charge in [0.1, 0.15) is 11.4 Å². The van der Waals surface area contributed by atoms with E-state index < -0.39 is 29.6 Å². The van der Waals surface area contributed by atoms with Crippen molar-refractivity contribution in [2.24, 2.45) is 5.92 Å². The number of ether oxygens (including phenoxy) is 2. The molecule has 2 amide bonds. The molecular weight excluding hydrogens is 587 g/mol. The second kappa shape index (κ2) is 16.1. The van der Waals surface area contributed by atoms with E-state index in [1.165, 1.54) is 20.0 Å². The monoisotopic (exact) mass is 630 g/mol. The Kier molecular flexibility index (Phi) is 12.0. The van der Waals surface area contributed by atoms with E-state index in [-0.39, 0.29) is 30.9 Å². The standard InChI is InChI=1S/C36H43FN4O5/c1-36(2,37)18-16-26(34(43)38-19-17-25-14-15-32(45-3)33(21-25)46-4)22-31(42)29(20-24-10-6-5-7-11-24)41-35(44)30-23-39-27-12-8-9-13-28(27)40-30/h5-15,21,23,26,29,31,42H,16-20,22H2,1-4H3,(H,38,43)(H,41,44)/t26-,29+,31+/m1/s1. The van der Waals surface area contributed by atoms with Crippen LogP contribution in [0.1, 0.15) is 54.7 Å². The molecule has 0 unspecified atom stereocenters. The summed E-state index contributed by atoms with van der Waals surface area (Å²) in [5.41, 5.74) is 1.71. The lowest BCUT2D eigenvalue weighted by Gasteiger charge is -2.28. The van der Waals surface area contributed by atoms with E-state index in [2.05, 4.69) is 20.6 Å². The highest BCUT2D eigenvalue weighted by Crippen LogP contribution is 2.28. The van der Waals surface area contributed by atoms with Crippen LogP contribution in [0.15, 0.2) is 79.0 Å². The number of aromatic nitrogens is 2. The van der Waals surface area contributed by atoms with Gasteiger partial charge in [0.15, 0.2) is 11.5 Å². The van der Waals surface area contributed by atoms with Gasteiger partial charge < -0.3 is 25.2 Å². The molecule has 10 heteroatoms. The van der Waals surface area contributed by atoms with Gasteiger partial charge in [0.05, 0.1) is 43.6 Å². The highest BCUT2D eigenvalue weighted by molar-refractivity contribution is 5.94. The van der Waals surface area contributed by atoms with Gasteiger partial charge in [-0.25, -0.2) is 9.37 Å². The van der Waals surface area contributed by atoms with E-state index in [0.29, 0.717) is 41.9 Å². The molecule has 0 aliphatic rings. The Morgan fingerprint density at radius 1 is 0.935 bits per heavy atom. The molecular formula is C36H43FN4O5. The smallest absolute Gasteiger partial charge is 0.271 e. The molecule has 0 saturated heterocycles. The van der Waals surface area contributed by atoms with Crippen molar-refractivity contribution in [2.75, 3.05) is 20.8 Å². The number of benzene rings is 3. The number of rotatable bonds is 16. The van der Waals surface area contributed by atoms with E-state index in [1.54, 1.807) is 20.3 Å². The highest BCUT2D eigenvalue weighted by atomic mass is 19.1. The first-order chi connectivity index (χ1) is 22.1. The van der Waals surface area contributed by atoms with Gasteiger partial charge in [-0.1, -0.05) is 48.5 Å². The number of hydrogen-bond acceptors (Lipinski definition) is 7. The largest absolute Gasteiger partial charge is 0.493 e. The topological polar surface area (TPSA) is 123 Å². The van der Waals surface area contributed by atoms with Crippen LogP contribution >= 0.6 is 0 Å². The van der Waals surface area contributed by atoms with Crippen LogP contribution in [0.5, 0.6) is 11.5 Å². The maximum absolute atomic E-state index is 14.6. The second-order valence-corrected chi connectivity index (χ2v) is 12.0. The molecule has 3 aromatic carbocycles. The van der Waals surface area contributed by atoms with Gasteiger partial charge in [-0.15, -0.1) is 0 Å². The molecule has 3 N–H and O–H groups in total. The van der Waals surface area contributed by atoms with E-state index >= 15 is 0 Å².